The fourth-order valence-corrected chi connectivity index (χ4v) is 1.14. The van der Waals surface area contributed by atoms with E-state index in [0.29, 0.717) is 11.3 Å². The predicted molar refractivity (Wildman–Crippen MR) is 60.5 cm³/mol. The summed E-state index contributed by atoms with van der Waals surface area (Å²) < 4.78 is 5.28. The fraction of sp³-hybridized carbons (Fsp3) is 0.200. The third-order valence-corrected chi connectivity index (χ3v) is 1.99. The third kappa shape index (κ3) is 4.09. The van der Waals surface area contributed by atoms with Crippen LogP contribution in [0.15, 0.2) is 24.3 Å². The highest BCUT2D eigenvalue weighted by atomic mass is 16.5. The van der Waals surface area contributed by atoms with Crippen molar-refractivity contribution in [3.05, 3.63) is 29.8 Å². The standard InChI is InChI=1S/C10H14N4O3/c11-13-9(15)4-5-17-8-3-1-2-7(6-8)10(16)14-12/h1-3,6H,4-5,11-12H2,(H,13,15)(H,14,16). The first-order valence-electron chi connectivity index (χ1n) is 4.90. The van der Waals surface area contributed by atoms with Gasteiger partial charge >= 0.3 is 0 Å². The van der Waals surface area contributed by atoms with Gasteiger partial charge in [-0.1, -0.05) is 6.07 Å². The summed E-state index contributed by atoms with van der Waals surface area (Å²) in [4.78, 5) is 22.0. The first-order chi connectivity index (χ1) is 8.17. The molecule has 0 aliphatic rings. The van der Waals surface area contributed by atoms with Crippen molar-refractivity contribution in [1.29, 1.82) is 0 Å². The van der Waals surface area contributed by atoms with Crippen LogP contribution in [0.5, 0.6) is 5.75 Å². The highest BCUT2D eigenvalue weighted by Crippen LogP contribution is 2.13. The second kappa shape index (κ2) is 6.46. The van der Waals surface area contributed by atoms with Crippen LogP contribution in [0.3, 0.4) is 0 Å². The van der Waals surface area contributed by atoms with Crippen LogP contribution in [0, 0.1) is 0 Å². The molecular formula is C10H14N4O3. The van der Waals surface area contributed by atoms with Gasteiger partial charge in [0.15, 0.2) is 0 Å². The molecule has 92 valence electrons. The van der Waals surface area contributed by atoms with Crippen LogP contribution in [-0.4, -0.2) is 18.4 Å². The number of carbonyl (C=O) groups is 2. The van der Waals surface area contributed by atoms with E-state index in [0.717, 1.165) is 0 Å². The smallest absolute Gasteiger partial charge is 0.265 e. The summed E-state index contributed by atoms with van der Waals surface area (Å²) in [6.45, 7) is 0.177. The predicted octanol–water partition coefficient (Wildman–Crippen LogP) is -0.951. The Hall–Kier alpha value is -2.12. The molecule has 1 aromatic carbocycles. The SMILES string of the molecule is NNC(=O)CCOc1cccc(C(=O)NN)c1. The number of nitrogen functional groups attached to an aromatic ring is 1. The maximum atomic E-state index is 11.2. The summed E-state index contributed by atoms with van der Waals surface area (Å²) in [5.41, 5.74) is 4.39. The van der Waals surface area contributed by atoms with Gasteiger partial charge in [0.1, 0.15) is 5.75 Å². The van der Waals surface area contributed by atoms with Gasteiger partial charge in [0.25, 0.3) is 5.91 Å². The number of amides is 2. The topological polar surface area (TPSA) is 119 Å². The van der Waals surface area contributed by atoms with Crippen LogP contribution in [0.25, 0.3) is 0 Å². The van der Waals surface area contributed by atoms with Crippen molar-refractivity contribution >= 4 is 11.8 Å². The lowest BCUT2D eigenvalue weighted by Crippen LogP contribution is -2.31. The van der Waals surface area contributed by atoms with Gasteiger partial charge in [0.2, 0.25) is 5.91 Å². The van der Waals surface area contributed by atoms with Crippen molar-refractivity contribution in [2.45, 2.75) is 6.42 Å². The van der Waals surface area contributed by atoms with E-state index in [1.807, 2.05) is 10.9 Å². The Morgan fingerprint density at radius 3 is 2.65 bits per heavy atom. The molecule has 17 heavy (non-hydrogen) atoms. The van der Waals surface area contributed by atoms with Crippen LogP contribution < -0.4 is 27.3 Å². The summed E-state index contributed by atoms with van der Waals surface area (Å²) in [7, 11) is 0. The van der Waals surface area contributed by atoms with E-state index in [-0.39, 0.29) is 18.9 Å². The fourth-order valence-electron chi connectivity index (χ4n) is 1.14. The summed E-state index contributed by atoms with van der Waals surface area (Å²) in [5, 5.41) is 0. The molecule has 0 heterocycles. The summed E-state index contributed by atoms with van der Waals surface area (Å²) in [6.07, 6.45) is 0.143. The molecule has 0 saturated heterocycles. The van der Waals surface area contributed by atoms with Crippen molar-refractivity contribution in [3.8, 4) is 5.75 Å². The van der Waals surface area contributed by atoms with E-state index in [4.69, 9.17) is 16.4 Å². The number of ether oxygens (including phenoxy) is 1. The van der Waals surface area contributed by atoms with Crippen molar-refractivity contribution in [1.82, 2.24) is 10.9 Å². The van der Waals surface area contributed by atoms with Crippen LogP contribution in [0.2, 0.25) is 0 Å². The zero-order valence-corrected chi connectivity index (χ0v) is 9.10. The minimum atomic E-state index is -0.407. The molecule has 0 bridgehead atoms. The molecule has 0 aromatic heterocycles. The molecule has 0 fully saturated rings. The second-order valence-corrected chi connectivity index (χ2v) is 3.17. The maximum Gasteiger partial charge on any atom is 0.265 e. The number of benzene rings is 1. The van der Waals surface area contributed by atoms with Gasteiger partial charge in [0.05, 0.1) is 13.0 Å². The first-order valence-corrected chi connectivity index (χ1v) is 4.90. The minimum Gasteiger partial charge on any atom is -0.493 e. The number of hydrazine groups is 2. The molecule has 2 amide bonds. The monoisotopic (exact) mass is 238 g/mol. The summed E-state index contributed by atoms with van der Waals surface area (Å²) in [5.74, 6) is 9.67. The van der Waals surface area contributed by atoms with E-state index >= 15 is 0 Å². The Bertz CT molecular complexity index is 408. The Kier molecular flexibility index (Phi) is 4.92. The van der Waals surface area contributed by atoms with Gasteiger partial charge in [-0.3, -0.25) is 20.4 Å². The zero-order chi connectivity index (χ0) is 12.7. The summed E-state index contributed by atoms with van der Waals surface area (Å²) in [6, 6.07) is 6.46. The Balaban J connectivity index is 2.54. The highest BCUT2D eigenvalue weighted by molar-refractivity contribution is 5.94. The van der Waals surface area contributed by atoms with Crippen molar-refractivity contribution in [3.63, 3.8) is 0 Å². The molecule has 0 unspecified atom stereocenters. The van der Waals surface area contributed by atoms with Gasteiger partial charge in [0, 0.05) is 5.56 Å². The Morgan fingerprint density at radius 1 is 1.24 bits per heavy atom. The molecule has 0 radical (unpaired) electrons. The Morgan fingerprint density at radius 2 is 2.00 bits per heavy atom. The van der Waals surface area contributed by atoms with Crippen LogP contribution in [0.4, 0.5) is 0 Å². The van der Waals surface area contributed by atoms with Crippen LogP contribution in [0.1, 0.15) is 16.8 Å². The minimum absolute atomic E-state index is 0.143. The highest BCUT2D eigenvalue weighted by Gasteiger charge is 2.05. The molecule has 0 spiro atoms. The lowest BCUT2D eigenvalue weighted by molar-refractivity contribution is -0.121. The van der Waals surface area contributed by atoms with E-state index in [1.165, 1.54) is 6.07 Å². The van der Waals surface area contributed by atoms with E-state index < -0.39 is 5.91 Å². The van der Waals surface area contributed by atoms with Gasteiger partial charge in [-0.2, -0.15) is 0 Å². The number of carbonyl (C=O) groups excluding carboxylic acids is 2. The van der Waals surface area contributed by atoms with E-state index in [1.54, 1.807) is 18.2 Å². The maximum absolute atomic E-state index is 11.2. The zero-order valence-electron chi connectivity index (χ0n) is 9.10. The first kappa shape index (κ1) is 12.9. The third-order valence-electron chi connectivity index (χ3n) is 1.99. The molecular weight excluding hydrogens is 224 g/mol. The van der Waals surface area contributed by atoms with Gasteiger partial charge in [-0.25, -0.2) is 11.7 Å². The van der Waals surface area contributed by atoms with E-state index in [2.05, 4.69) is 0 Å². The lowest BCUT2D eigenvalue weighted by Gasteiger charge is -2.06. The normalized spacial score (nSPS) is 9.53. The molecule has 0 aliphatic heterocycles. The van der Waals surface area contributed by atoms with Crippen LogP contribution >= 0.6 is 0 Å². The average Bonchev–Trinajstić information content (AvgIpc) is 2.38. The molecule has 0 aliphatic carbocycles. The molecule has 7 heteroatoms. The summed E-state index contributed by atoms with van der Waals surface area (Å²) >= 11 is 0. The van der Waals surface area contributed by atoms with Crippen LogP contribution in [-0.2, 0) is 4.79 Å². The van der Waals surface area contributed by atoms with Gasteiger partial charge < -0.3 is 4.74 Å². The van der Waals surface area contributed by atoms with Crippen molar-refractivity contribution in [2.24, 2.45) is 11.7 Å². The molecule has 7 nitrogen and oxygen atoms in total. The molecule has 0 saturated carbocycles. The number of nitrogens with one attached hydrogen (secondary N) is 2. The molecule has 1 aromatic rings. The Labute approximate surface area is 98.0 Å². The number of rotatable bonds is 5. The second-order valence-electron chi connectivity index (χ2n) is 3.17. The van der Waals surface area contributed by atoms with Gasteiger partial charge in [-0.15, -0.1) is 0 Å². The van der Waals surface area contributed by atoms with Crippen molar-refractivity contribution < 1.29 is 14.3 Å². The molecule has 0 atom stereocenters. The van der Waals surface area contributed by atoms with E-state index in [9.17, 15) is 9.59 Å². The number of hydrogen-bond acceptors (Lipinski definition) is 5. The van der Waals surface area contributed by atoms with Crippen molar-refractivity contribution in [2.75, 3.05) is 6.61 Å². The average molecular weight is 238 g/mol. The quantitative estimate of drug-likeness (QED) is 0.299. The molecule has 1 rings (SSSR count). The number of hydrogen-bond donors (Lipinski definition) is 4. The molecule has 6 N–H and O–H groups in total. The lowest BCUT2D eigenvalue weighted by atomic mass is 10.2. The van der Waals surface area contributed by atoms with Gasteiger partial charge in [-0.05, 0) is 18.2 Å². The number of nitrogens with two attached hydrogens (primary N) is 2. The largest absolute Gasteiger partial charge is 0.493 e.